The fourth-order valence-electron chi connectivity index (χ4n) is 3.49. The Morgan fingerprint density at radius 1 is 0.500 bits per heavy atom. The Hall–Kier alpha value is -3.22. The molecule has 14 heteroatoms. The Morgan fingerprint density at radius 2 is 0.950 bits per heavy atom. The van der Waals surface area contributed by atoms with Crippen molar-refractivity contribution in [1.82, 2.24) is 47.8 Å². The minimum atomic E-state index is 0. The molecule has 0 aliphatic carbocycles. The number of imidazole rings is 4. The smallest absolute Gasteiger partial charge is 1.00 e. The molecule has 0 saturated carbocycles. The molecule has 6 aromatic heterocycles. The van der Waals surface area contributed by atoms with Crippen molar-refractivity contribution in [1.29, 1.82) is 0 Å². The van der Waals surface area contributed by atoms with Gasteiger partial charge < -0.3 is 60.1 Å². The van der Waals surface area contributed by atoms with Crippen LogP contribution >= 0.6 is 0 Å². The minimum Gasteiger partial charge on any atom is -1.00 e. The van der Waals surface area contributed by atoms with Gasteiger partial charge in [0.25, 0.3) is 0 Å². The Morgan fingerprint density at radius 3 is 1.30 bits per heavy atom. The zero-order valence-corrected chi connectivity index (χ0v) is 27.4. The molecule has 0 atom stereocenters. The van der Waals surface area contributed by atoms with Gasteiger partial charge in [0.15, 0.2) is 17.5 Å². The number of halogens is 3. The van der Waals surface area contributed by atoms with Crippen molar-refractivity contribution < 1.29 is 57.0 Å². The van der Waals surface area contributed by atoms with Crippen LogP contribution in [-0.2, 0) is 55.0 Å². The van der Waals surface area contributed by atoms with Crippen molar-refractivity contribution >= 4 is 0 Å². The molecular weight excluding hydrogens is 749 g/mol. The second-order valence-corrected chi connectivity index (χ2v) is 8.08. The number of hydrogen-bond donors (Lipinski definition) is 0. The van der Waals surface area contributed by atoms with Gasteiger partial charge in [-0.3, -0.25) is 9.97 Å². The first kappa shape index (κ1) is 36.8. The molecule has 0 aliphatic heterocycles. The van der Waals surface area contributed by atoms with E-state index in [0.29, 0.717) is 0 Å². The van der Waals surface area contributed by atoms with Crippen molar-refractivity contribution in [2.75, 3.05) is 0 Å². The van der Waals surface area contributed by atoms with Crippen LogP contribution in [0.4, 0.5) is 0 Å². The maximum Gasteiger partial charge on any atom is 1.00 e. The van der Waals surface area contributed by atoms with E-state index in [1.807, 2.05) is 113 Å². The van der Waals surface area contributed by atoms with Gasteiger partial charge in [0.2, 0.25) is 0 Å². The third-order valence-corrected chi connectivity index (χ3v) is 5.46. The van der Waals surface area contributed by atoms with Crippen LogP contribution in [0.15, 0.2) is 86.2 Å². The summed E-state index contributed by atoms with van der Waals surface area (Å²) in [6.45, 7) is 0. The van der Waals surface area contributed by atoms with E-state index in [1.165, 1.54) is 0 Å². The second-order valence-electron chi connectivity index (χ2n) is 8.08. The number of aryl methyl sites for hydroxylation is 5. The molecule has 0 amide bonds. The van der Waals surface area contributed by atoms with E-state index < -0.39 is 0 Å². The summed E-state index contributed by atoms with van der Waals surface area (Å²) in [6.07, 6.45) is 18.5. The van der Waals surface area contributed by atoms with Gasteiger partial charge in [-0.2, -0.15) is 12.1 Å². The van der Waals surface area contributed by atoms with Crippen LogP contribution in [0, 0.1) is 6.07 Å². The molecule has 6 aromatic rings. The molecule has 0 N–H and O–H groups in total. The maximum atomic E-state index is 4.23. The van der Waals surface area contributed by atoms with Crippen LogP contribution in [0.3, 0.4) is 0 Å². The van der Waals surface area contributed by atoms with E-state index in [9.17, 15) is 0 Å². The van der Waals surface area contributed by atoms with Gasteiger partial charge >= 0.3 is 19.8 Å². The van der Waals surface area contributed by atoms with Crippen molar-refractivity contribution in [3.63, 3.8) is 0 Å². The molecule has 6 rings (SSSR count). The average molecular weight is 778 g/mol. The fraction of sp³-hybridized carbons (Fsp3) is 0.192. The number of nitrogens with zero attached hydrogens (tertiary/aromatic N) is 10. The van der Waals surface area contributed by atoms with Crippen molar-refractivity contribution in [2.45, 2.75) is 0 Å². The van der Waals surface area contributed by atoms with E-state index in [1.54, 1.807) is 31.0 Å². The minimum absolute atomic E-state index is 0. The van der Waals surface area contributed by atoms with Crippen molar-refractivity contribution in [2.24, 2.45) is 35.2 Å². The molecule has 1 radical (unpaired) electrons. The third-order valence-electron chi connectivity index (χ3n) is 5.46. The SMILES string of the molecule is Cn1cc[c-]c1-c1nccn1C.Cn1ccnc1-c1ccccn1.Cn1ccnc1-c1nccn1C.[Cl-].[Cl-].[Cl-].[Os+]. The predicted octanol–water partition coefficient (Wildman–Crippen LogP) is -5.46. The summed E-state index contributed by atoms with van der Waals surface area (Å²) in [4.78, 5) is 21.0. The molecule has 10 nitrogen and oxygen atoms in total. The van der Waals surface area contributed by atoms with Gasteiger partial charge in [-0.15, -0.1) is 0 Å². The number of hydrogen-bond acceptors (Lipinski definition) is 5. The van der Waals surface area contributed by atoms with E-state index in [2.05, 4.69) is 31.0 Å². The second kappa shape index (κ2) is 17.5. The predicted molar refractivity (Wildman–Crippen MR) is 138 cm³/mol. The van der Waals surface area contributed by atoms with Gasteiger partial charge in [-0.05, 0) is 24.9 Å². The molecule has 40 heavy (non-hydrogen) atoms. The number of pyridine rings is 1. The molecule has 0 unspecified atom stereocenters. The molecule has 0 saturated heterocycles. The normalized spacial score (nSPS) is 9.32. The molecule has 0 bridgehead atoms. The van der Waals surface area contributed by atoms with E-state index in [0.717, 1.165) is 34.7 Å². The summed E-state index contributed by atoms with van der Waals surface area (Å²) in [6, 6.07) is 10.8. The summed E-state index contributed by atoms with van der Waals surface area (Å²) in [5, 5.41) is 0. The van der Waals surface area contributed by atoms with Crippen LogP contribution in [0.25, 0.3) is 34.7 Å². The van der Waals surface area contributed by atoms with Gasteiger partial charge in [0.1, 0.15) is 5.69 Å². The molecule has 0 aliphatic rings. The average Bonchev–Trinajstić information content (AvgIpc) is 3.70. The maximum absolute atomic E-state index is 4.23. The van der Waals surface area contributed by atoms with E-state index in [4.69, 9.17) is 0 Å². The fourth-order valence-corrected chi connectivity index (χ4v) is 3.49. The standard InChI is InChI=1S/C9H10N3.C9H9N3.C8H10N4.3ClH.Os/c1-11-6-3-4-8(11)9-10-5-7-12(9)2;1-12-7-6-11-9(12)8-4-2-3-5-10-8;1-11-5-3-9-7(11)8-10-4-6-12(8)2;;;;/h3,5-7H,1-2H3;2-7H,1H3;3-6H,1-2H3;3*1H;/q-1;;;;;;+1/p-3. The van der Waals surface area contributed by atoms with Crippen LogP contribution in [-0.4, -0.2) is 47.8 Å². The quantitative estimate of drug-likeness (QED) is 0.168. The summed E-state index contributed by atoms with van der Waals surface area (Å²) in [5.74, 6) is 3.63. The molecule has 0 fully saturated rings. The van der Waals surface area contributed by atoms with Crippen molar-refractivity contribution in [3.8, 4) is 34.7 Å². The van der Waals surface area contributed by atoms with E-state index >= 15 is 0 Å². The van der Waals surface area contributed by atoms with E-state index in [-0.39, 0.29) is 57.0 Å². The first-order valence-electron chi connectivity index (χ1n) is 11.3. The van der Waals surface area contributed by atoms with Gasteiger partial charge in [-0.25, -0.2) is 15.0 Å². The van der Waals surface area contributed by atoms with Gasteiger partial charge in [0, 0.05) is 84.0 Å². The third kappa shape index (κ3) is 8.90. The van der Waals surface area contributed by atoms with Crippen LogP contribution in [0.2, 0.25) is 0 Å². The summed E-state index contributed by atoms with van der Waals surface area (Å²) in [7, 11) is 9.83. The van der Waals surface area contributed by atoms with Gasteiger partial charge in [-0.1, -0.05) is 12.3 Å². The Kier molecular flexibility index (Phi) is 16.1. The molecule has 0 aromatic carbocycles. The zero-order chi connectivity index (χ0) is 25.5. The monoisotopic (exact) mass is 778 g/mol. The largest absolute Gasteiger partial charge is 1.00 e. The van der Waals surface area contributed by atoms with Gasteiger partial charge in [0.05, 0.1) is 5.82 Å². The summed E-state index contributed by atoms with van der Waals surface area (Å²) in [5.41, 5.74) is 1.92. The van der Waals surface area contributed by atoms with Crippen LogP contribution < -0.4 is 37.2 Å². The van der Waals surface area contributed by atoms with Crippen molar-refractivity contribution in [3.05, 3.63) is 92.3 Å². The van der Waals surface area contributed by atoms with Crippen LogP contribution in [0.1, 0.15) is 0 Å². The molecule has 6 heterocycles. The Bertz CT molecular complexity index is 1370. The molecule has 0 spiro atoms. The molecular formula is C26H29Cl3N10Os-3. The molecule has 215 valence electrons. The Labute approximate surface area is 265 Å². The first-order valence-corrected chi connectivity index (χ1v) is 11.3. The Balaban J connectivity index is 0.000000543. The summed E-state index contributed by atoms with van der Waals surface area (Å²) < 4.78 is 9.82. The topological polar surface area (TPSA) is 89.1 Å². The first-order chi connectivity index (χ1) is 17.5. The number of rotatable bonds is 3. The zero-order valence-electron chi connectivity index (χ0n) is 22.5. The number of aromatic nitrogens is 10. The summed E-state index contributed by atoms with van der Waals surface area (Å²) >= 11 is 0. The van der Waals surface area contributed by atoms with Crippen LogP contribution in [0.5, 0.6) is 0 Å².